The van der Waals surface area contributed by atoms with E-state index in [2.05, 4.69) is 10.6 Å². The van der Waals surface area contributed by atoms with Gasteiger partial charge in [0, 0.05) is 17.1 Å². The van der Waals surface area contributed by atoms with Crippen LogP contribution in [0.15, 0.2) is 12.1 Å². The maximum absolute atomic E-state index is 12.3. The summed E-state index contributed by atoms with van der Waals surface area (Å²) in [5.74, 6) is -0.0209. The van der Waals surface area contributed by atoms with E-state index in [1.54, 1.807) is 12.1 Å². The monoisotopic (exact) mass is 318 g/mol. The molecule has 2 heterocycles. The molecule has 2 saturated heterocycles. The van der Waals surface area contributed by atoms with Crippen molar-refractivity contribution in [3.05, 3.63) is 27.2 Å². The smallest absolute Gasteiger partial charge is 0.229 e. The number of nitrogens with one attached hydrogen (secondary N) is 2. The van der Waals surface area contributed by atoms with Gasteiger partial charge >= 0.3 is 0 Å². The third kappa shape index (κ3) is 2.57. The lowest BCUT2D eigenvalue weighted by Crippen LogP contribution is -2.33. The summed E-state index contributed by atoms with van der Waals surface area (Å²) >= 11 is 18.0. The first-order valence-corrected chi connectivity index (χ1v) is 7.39. The largest absolute Gasteiger partial charge is 0.323 e. The second kappa shape index (κ2) is 5.13. The van der Waals surface area contributed by atoms with E-state index in [0.29, 0.717) is 26.8 Å². The zero-order valence-corrected chi connectivity index (χ0v) is 12.3. The number of benzene rings is 1. The van der Waals surface area contributed by atoms with Gasteiger partial charge in [-0.2, -0.15) is 0 Å². The Morgan fingerprint density at radius 1 is 1.21 bits per heavy atom. The first kappa shape index (κ1) is 13.5. The van der Waals surface area contributed by atoms with Crippen LogP contribution < -0.4 is 10.6 Å². The summed E-state index contributed by atoms with van der Waals surface area (Å²) in [6, 6.07) is 3.92. The molecule has 1 aromatic carbocycles. The van der Waals surface area contributed by atoms with Gasteiger partial charge in [-0.25, -0.2) is 0 Å². The molecular formula is C13H13Cl3N2O. The van der Waals surface area contributed by atoms with Gasteiger partial charge in [-0.15, -0.1) is 0 Å². The molecule has 0 spiro atoms. The number of carbonyl (C=O) groups excluding carboxylic acids is 1. The summed E-state index contributed by atoms with van der Waals surface area (Å²) in [5, 5.41) is 7.45. The predicted octanol–water partition coefficient (Wildman–Crippen LogP) is 3.73. The van der Waals surface area contributed by atoms with Gasteiger partial charge in [-0.1, -0.05) is 34.8 Å². The highest BCUT2D eigenvalue weighted by molar-refractivity contribution is 6.42. The summed E-state index contributed by atoms with van der Waals surface area (Å²) in [6.45, 7) is 0. The van der Waals surface area contributed by atoms with Crippen molar-refractivity contribution in [2.45, 2.75) is 31.3 Å². The van der Waals surface area contributed by atoms with Crippen LogP contribution in [-0.2, 0) is 4.79 Å². The van der Waals surface area contributed by atoms with Gasteiger partial charge in [-0.05, 0) is 31.4 Å². The molecule has 1 aromatic rings. The minimum Gasteiger partial charge on any atom is -0.323 e. The number of amides is 1. The molecule has 3 nitrogen and oxygen atoms in total. The van der Waals surface area contributed by atoms with E-state index in [1.807, 2.05) is 0 Å². The van der Waals surface area contributed by atoms with Crippen molar-refractivity contribution in [3.8, 4) is 0 Å². The molecule has 3 rings (SSSR count). The van der Waals surface area contributed by atoms with E-state index >= 15 is 0 Å². The lowest BCUT2D eigenvalue weighted by Gasteiger charge is -2.20. The first-order chi connectivity index (χ1) is 9.04. The molecule has 1 amide bonds. The molecule has 0 radical (unpaired) electrons. The molecule has 0 aliphatic carbocycles. The molecule has 2 aliphatic rings. The fourth-order valence-electron chi connectivity index (χ4n) is 2.99. The third-order valence-electron chi connectivity index (χ3n) is 3.89. The zero-order valence-electron chi connectivity index (χ0n) is 10.1. The lowest BCUT2D eigenvalue weighted by molar-refractivity contribution is -0.120. The zero-order chi connectivity index (χ0) is 13.6. The van der Waals surface area contributed by atoms with Crippen molar-refractivity contribution >= 4 is 46.4 Å². The molecule has 0 aromatic heterocycles. The summed E-state index contributed by atoms with van der Waals surface area (Å²) in [4.78, 5) is 12.3. The van der Waals surface area contributed by atoms with Crippen molar-refractivity contribution in [1.29, 1.82) is 0 Å². The summed E-state index contributed by atoms with van der Waals surface area (Å²) < 4.78 is 0. The molecule has 0 saturated carbocycles. The van der Waals surface area contributed by atoms with Crippen LogP contribution in [0.5, 0.6) is 0 Å². The van der Waals surface area contributed by atoms with Crippen LogP contribution in [0.3, 0.4) is 0 Å². The van der Waals surface area contributed by atoms with Crippen molar-refractivity contribution in [2.75, 3.05) is 5.32 Å². The van der Waals surface area contributed by atoms with E-state index < -0.39 is 0 Å². The molecule has 2 aliphatic heterocycles. The van der Waals surface area contributed by atoms with E-state index in [0.717, 1.165) is 19.3 Å². The number of hydrogen-bond donors (Lipinski definition) is 2. The van der Waals surface area contributed by atoms with Crippen LogP contribution in [0.25, 0.3) is 0 Å². The van der Waals surface area contributed by atoms with Crippen LogP contribution in [0, 0.1) is 5.92 Å². The Morgan fingerprint density at radius 2 is 1.89 bits per heavy atom. The number of hydrogen-bond acceptors (Lipinski definition) is 2. The topological polar surface area (TPSA) is 41.1 Å². The minimum absolute atomic E-state index is 0.00145. The molecule has 2 N–H and O–H groups in total. The summed E-state index contributed by atoms with van der Waals surface area (Å²) in [6.07, 6.45) is 3.11. The fourth-order valence-corrected chi connectivity index (χ4v) is 3.90. The van der Waals surface area contributed by atoms with Crippen LogP contribution in [0.4, 0.5) is 5.69 Å². The van der Waals surface area contributed by atoms with Gasteiger partial charge in [0.1, 0.15) is 0 Å². The van der Waals surface area contributed by atoms with Crippen LogP contribution in [0.1, 0.15) is 19.3 Å². The molecule has 19 heavy (non-hydrogen) atoms. The number of fused-ring (bicyclic) bond motifs is 2. The van der Waals surface area contributed by atoms with Crippen LogP contribution in [-0.4, -0.2) is 18.0 Å². The second-order valence-corrected chi connectivity index (χ2v) is 6.37. The van der Waals surface area contributed by atoms with E-state index in [1.165, 1.54) is 0 Å². The maximum Gasteiger partial charge on any atom is 0.229 e. The molecule has 6 heteroatoms. The molecular weight excluding hydrogens is 307 g/mol. The molecule has 2 bridgehead atoms. The molecule has 3 unspecified atom stereocenters. The van der Waals surface area contributed by atoms with Gasteiger partial charge in [-0.3, -0.25) is 4.79 Å². The third-order valence-corrected chi connectivity index (χ3v) is 4.71. The van der Waals surface area contributed by atoms with Gasteiger partial charge in [0.15, 0.2) is 0 Å². The molecule has 102 valence electrons. The second-order valence-electron chi connectivity index (χ2n) is 5.12. The highest BCUT2D eigenvalue weighted by Gasteiger charge is 2.42. The fraction of sp³-hybridized carbons (Fsp3) is 0.462. The number of halogens is 3. The Morgan fingerprint density at radius 3 is 2.42 bits per heavy atom. The highest BCUT2D eigenvalue weighted by atomic mass is 35.5. The first-order valence-electron chi connectivity index (χ1n) is 6.26. The van der Waals surface area contributed by atoms with Crippen molar-refractivity contribution in [3.63, 3.8) is 0 Å². The lowest BCUT2D eigenvalue weighted by atomic mass is 9.88. The van der Waals surface area contributed by atoms with Crippen molar-refractivity contribution in [1.82, 2.24) is 5.32 Å². The van der Waals surface area contributed by atoms with Gasteiger partial charge in [0.2, 0.25) is 5.91 Å². The quantitative estimate of drug-likeness (QED) is 0.872. The number of rotatable bonds is 2. The van der Waals surface area contributed by atoms with Gasteiger partial charge in [0.05, 0.1) is 21.7 Å². The Hall–Kier alpha value is -0.480. The Balaban J connectivity index is 1.77. The molecule has 3 atom stereocenters. The average Bonchev–Trinajstić information content (AvgIpc) is 2.95. The maximum atomic E-state index is 12.3. The van der Waals surface area contributed by atoms with Crippen molar-refractivity contribution < 1.29 is 4.79 Å². The predicted molar refractivity (Wildman–Crippen MR) is 78.2 cm³/mol. The van der Waals surface area contributed by atoms with E-state index in [4.69, 9.17) is 34.8 Å². The van der Waals surface area contributed by atoms with Gasteiger partial charge in [0.25, 0.3) is 0 Å². The number of carbonyl (C=O) groups is 1. The number of anilines is 1. The standard InChI is InChI=1S/C13H13Cl3N2O/c14-6-3-9(15)12(10(16)4-6)18-13(19)8-5-7-1-2-11(8)17-7/h3-4,7-8,11,17H,1-2,5H2,(H,18,19). The van der Waals surface area contributed by atoms with Crippen molar-refractivity contribution in [2.24, 2.45) is 5.92 Å². The molecule has 2 fully saturated rings. The minimum atomic E-state index is -0.0224. The summed E-state index contributed by atoms with van der Waals surface area (Å²) in [5.41, 5.74) is 0.445. The Bertz CT molecular complexity index is 512. The van der Waals surface area contributed by atoms with Gasteiger partial charge < -0.3 is 10.6 Å². The Kier molecular flexibility index (Phi) is 3.65. The van der Waals surface area contributed by atoms with E-state index in [9.17, 15) is 4.79 Å². The Labute approximate surface area is 126 Å². The van der Waals surface area contributed by atoms with E-state index in [-0.39, 0.29) is 17.9 Å². The summed E-state index contributed by atoms with van der Waals surface area (Å²) in [7, 11) is 0. The van der Waals surface area contributed by atoms with Crippen LogP contribution in [0.2, 0.25) is 15.1 Å². The SMILES string of the molecule is O=C(Nc1c(Cl)cc(Cl)cc1Cl)C1CC2CCC1N2. The normalized spacial score (nSPS) is 28.7. The highest BCUT2D eigenvalue weighted by Crippen LogP contribution is 2.37. The van der Waals surface area contributed by atoms with Crippen LogP contribution >= 0.6 is 34.8 Å². The average molecular weight is 320 g/mol.